The number of amides is 1. The Kier molecular flexibility index (Phi) is 4.20. The van der Waals surface area contributed by atoms with Crippen LogP contribution in [-0.2, 0) is 4.74 Å². The number of aryl methyl sites for hydroxylation is 3. The first-order valence-corrected chi connectivity index (χ1v) is 8.82. The minimum Gasteiger partial charge on any atom is -0.367 e. The highest BCUT2D eigenvalue weighted by atomic mass is 16.5. The van der Waals surface area contributed by atoms with Gasteiger partial charge in [0.2, 0.25) is 0 Å². The molecule has 26 heavy (non-hydrogen) atoms. The number of fused-ring (bicyclic) bond motifs is 1. The number of carbonyl (C=O) groups excluding carboxylic acids is 1. The molecule has 0 spiro atoms. The van der Waals surface area contributed by atoms with Gasteiger partial charge in [-0.2, -0.15) is 0 Å². The van der Waals surface area contributed by atoms with Crippen molar-refractivity contribution in [2.24, 2.45) is 0 Å². The first-order valence-electron chi connectivity index (χ1n) is 8.82. The fraction of sp³-hybridized carbons (Fsp3) is 0.350. The summed E-state index contributed by atoms with van der Waals surface area (Å²) in [5, 5.41) is 1.10. The predicted molar refractivity (Wildman–Crippen MR) is 99.1 cm³/mol. The molecule has 0 radical (unpaired) electrons. The maximum atomic E-state index is 13.0. The number of aromatic amines is 1. The molecule has 1 N–H and O–H groups in total. The van der Waals surface area contributed by atoms with Crippen molar-refractivity contribution in [1.82, 2.24) is 19.9 Å². The molecule has 0 saturated carbocycles. The summed E-state index contributed by atoms with van der Waals surface area (Å²) in [6, 6.07) is 7.69. The molecule has 3 aromatic rings. The standard InChI is InChI=1S/C20H22N4O2/c1-12-6-7-21-19(22-12)18-11-24(8-9-26-18)20(25)15-4-5-17-16(10-15)13(2)14(3)23-17/h4-7,10,18,23H,8-9,11H2,1-3H3. The molecular weight excluding hydrogens is 328 g/mol. The van der Waals surface area contributed by atoms with Crippen LogP contribution in [0.25, 0.3) is 10.9 Å². The van der Waals surface area contributed by atoms with E-state index in [4.69, 9.17) is 4.74 Å². The van der Waals surface area contributed by atoms with E-state index >= 15 is 0 Å². The largest absolute Gasteiger partial charge is 0.367 e. The Morgan fingerprint density at radius 2 is 2.12 bits per heavy atom. The van der Waals surface area contributed by atoms with Gasteiger partial charge in [-0.15, -0.1) is 0 Å². The van der Waals surface area contributed by atoms with Gasteiger partial charge >= 0.3 is 0 Å². The highest BCUT2D eigenvalue weighted by molar-refractivity contribution is 5.99. The summed E-state index contributed by atoms with van der Waals surface area (Å²) in [6.07, 6.45) is 1.44. The molecule has 1 atom stereocenters. The lowest BCUT2D eigenvalue weighted by atomic mass is 10.1. The molecule has 1 fully saturated rings. The number of carbonyl (C=O) groups is 1. The van der Waals surface area contributed by atoms with Crippen LogP contribution < -0.4 is 0 Å². The Morgan fingerprint density at radius 1 is 1.27 bits per heavy atom. The predicted octanol–water partition coefficient (Wildman–Crippen LogP) is 3.10. The van der Waals surface area contributed by atoms with Crippen molar-refractivity contribution >= 4 is 16.8 Å². The number of nitrogens with zero attached hydrogens (tertiary/aromatic N) is 3. The van der Waals surface area contributed by atoms with Gasteiger partial charge in [0.1, 0.15) is 6.10 Å². The molecule has 6 nitrogen and oxygen atoms in total. The van der Waals surface area contributed by atoms with E-state index in [9.17, 15) is 4.79 Å². The molecule has 1 aliphatic rings. The Hall–Kier alpha value is -2.73. The van der Waals surface area contributed by atoms with Crippen molar-refractivity contribution in [1.29, 1.82) is 0 Å². The smallest absolute Gasteiger partial charge is 0.254 e. The van der Waals surface area contributed by atoms with Crippen LogP contribution in [0.1, 0.15) is 39.2 Å². The zero-order chi connectivity index (χ0) is 18.3. The Bertz CT molecular complexity index is 979. The summed E-state index contributed by atoms with van der Waals surface area (Å²) in [6.45, 7) is 7.56. The maximum absolute atomic E-state index is 13.0. The van der Waals surface area contributed by atoms with Gasteiger partial charge in [-0.1, -0.05) is 0 Å². The molecule has 0 bridgehead atoms. The number of morpholine rings is 1. The van der Waals surface area contributed by atoms with Crippen LogP contribution in [0.15, 0.2) is 30.5 Å². The van der Waals surface area contributed by atoms with Gasteiger partial charge in [0.15, 0.2) is 5.82 Å². The van der Waals surface area contributed by atoms with Crippen molar-refractivity contribution in [3.8, 4) is 0 Å². The van der Waals surface area contributed by atoms with Gasteiger partial charge in [-0.05, 0) is 50.6 Å². The zero-order valence-electron chi connectivity index (χ0n) is 15.2. The van der Waals surface area contributed by atoms with E-state index in [1.807, 2.05) is 43.0 Å². The quantitative estimate of drug-likeness (QED) is 0.771. The number of ether oxygens (including phenoxy) is 1. The van der Waals surface area contributed by atoms with Crippen molar-refractivity contribution in [3.63, 3.8) is 0 Å². The lowest BCUT2D eigenvalue weighted by molar-refractivity contribution is -0.0268. The second-order valence-electron chi connectivity index (χ2n) is 6.80. The molecule has 1 aromatic carbocycles. The van der Waals surface area contributed by atoms with Crippen molar-refractivity contribution < 1.29 is 9.53 Å². The second-order valence-corrected chi connectivity index (χ2v) is 6.80. The molecule has 134 valence electrons. The number of aromatic nitrogens is 3. The summed E-state index contributed by atoms with van der Waals surface area (Å²) in [5.74, 6) is 0.654. The van der Waals surface area contributed by atoms with Gasteiger partial charge < -0.3 is 14.6 Å². The molecule has 0 aliphatic carbocycles. The van der Waals surface area contributed by atoms with Crippen LogP contribution in [0, 0.1) is 20.8 Å². The zero-order valence-corrected chi connectivity index (χ0v) is 15.2. The fourth-order valence-corrected chi connectivity index (χ4v) is 3.39. The van der Waals surface area contributed by atoms with Crippen LogP contribution in [0.5, 0.6) is 0 Å². The summed E-state index contributed by atoms with van der Waals surface area (Å²) in [5.41, 5.74) is 4.97. The lowest BCUT2D eigenvalue weighted by Crippen LogP contribution is -2.42. The van der Waals surface area contributed by atoms with E-state index in [1.165, 1.54) is 5.56 Å². The average molecular weight is 350 g/mol. The van der Waals surface area contributed by atoms with Gasteiger partial charge in [-0.3, -0.25) is 4.79 Å². The minimum absolute atomic E-state index is 0.0195. The van der Waals surface area contributed by atoms with E-state index in [-0.39, 0.29) is 12.0 Å². The fourth-order valence-electron chi connectivity index (χ4n) is 3.39. The van der Waals surface area contributed by atoms with Crippen LogP contribution >= 0.6 is 0 Å². The van der Waals surface area contributed by atoms with Gasteiger partial charge in [0.05, 0.1) is 13.2 Å². The van der Waals surface area contributed by atoms with Crippen LogP contribution in [-0.4, -0.2) is 45.5 Å². The third kappa shape index (κ3) is 2.97. The van der Waals surface area contributed by atoms with Gasteiger partial charge in [0.25, 0.3) is 5.91 Å². The Morgan fingerprint density at radius 3 is 2.92 bits per heavy atom. The van der Waals surface area contributed by atoms with Crippen molar-refractivity contribution in [2.75, 3.05) is 19.7 Å². The third-order valence-electron chi connectivity index (χ3n) is 5.01. The molecule has 1 unspecified atom stereocenters. The summed E-state index contributed by atoms with van der Waals surface area (Å²) < 4.78 is 5.80. The summed E-state index contributed by atoms with van der Waals surface area (Å²) >= 11 is 0. The van der Waals surface area contributed by atoms with Crippen LogP contribution in [0.4, 0.5) is 0 Å². The second kappa shape index (κ2) is 6.53. The maximum Gasteiger partial charge on any atom is 0.254 e. The van der Waals surface area contributed by atoms with Gasteiger partial charge in [-0.25, -0.2) is 9.97 Å². The van der Waals surface area contributed by atoms with E-state index in [0.717, 1.165) is 22.3 Å². The Balaban J connectivity index is 1.58. The molecular formula is C20H22N4O2. The Labute approximate surface area is 152 Å². The topological polar surface area (TPSA) is 71.1 Å². The normalized spacial score (nSPS) is 17.7. The summed E-state index contributed by atoms with van der Waals surface area (Å²) in [4.78, 5) is 26.9. The first kappa shape index (κ1) is 16.7. The highest BCUT2D eigenvalue weighted by Gasteiger charge is 2.28. The highest BCUT2D eigenvalue weighted by Crippen LogP contribution is 2.25. The number of nitrogens with one attached hydrogen (secondary N) is 1. The first-order chi connectivity index (χ1) is 12.5. The van der Waals surface area contributed by atoms with Gasteiger partial charge in [0, 0.05) is 40.6 Å². The van der Waals surface area contributed by atoms with Crippen LogP contribution in [0.3, 0.4) is 0 Å². The third-order valence-corrected chi connectivity index (χ3v) is 5.01. The monoisotopic (exact) mass is 350 g/mol. The SMILES string of the molecule is Cc1ccnc(C2CN(C(=O)c3ccc4[nH]c(C)c(C)c4c3)CCO2)n1. The van der Waals surface area contributed by atoms with E-state index in [0.29, 0.717) is 31.1 Å². The number of H-pyrrole nitrogens is 1. The molecule has 2 aromatic heterocycles. The molecule has 1 aliphatic heterocycles. The molecule has 1 amide bonds. The number of benzene rings is 1. The molecule has 1 saturated heterocycles. The van der Waals surface area contributed by atoms with E-state index in [2.05, 4.69) is 21.9 Å². The van der Waals surface area contributed by atoms with Crippen molar-refractivity contribution in [2.45, 2.75) is 26.9 Å². The van der Waals surface area contributed by atoms with Crippen molar-refractivity contribution in [3.05, 3.63) is 58.8 Å². The van der Waals surface area contributed by atoms with Crippen LogP contribution in [0.2, 0.25) is 0 Å². The molecule has 3 heterocycles. The number of rotatable bonds is 2. The lowest BCUT2D eigenvalue weighted by Gasteiger charge is -2.32. The van der Waals surface area contributed by atoms with E-state index in [1.54, 1.807) is 6.20 Å². The molecule has 4 rings (SSSR count). The minimum atomic E-state index is -0.285. The van der Waals surface area contributed by atoms with E-state index < -0.39 is 0 Å². The number of hydrogen-bond donors (Lipinski definition) is 1. The number of hydrogen-bond acceptors (Lipinski definition) is 4. The molecule has 6 heteroatoms. The average Bonchev–Trinajstić information content (AvgIpc) is 2.95. The summed E-state index contributed by atoms with van der Waals surface area (Å²) in [7, 11) is 0.